The van der Waals surface area contributed by atoms with Crippen LogP contribution in [0.5, 0.6) is 0 Å². The summed E-state index contributed by atoms with van der Waals surface area (Å²) in [5.74, 6) is 0.848. The van der Waals surface area contributed by atoms with Gasteiger partial charge < -0.3 is 9.30 Å². The highest BCUT2D eigenvalue weighted by Crippen LogP contribution is 2.35. The van der Waals surface area contributed by atoms with Crippen LogP contribution in [-0.4, -0.2) is 33.1 Å². The largest absolute Gasteiger partial charge is 0.364 e. The summed E-state index contributed by atoms with van der Waals surface area (Å²) in [4.78, 5) is 6.88. The van der Waals surface area contributed by atoms with E-state index in [4.69, 9.17) is 4.74 Å². The molecule has 28 heavy (non-hydrogen) atoms. The molecule has 4 nitrogen and oxygen atoms in total. The van der Waals surface area contributed by atoms with Crippen LogP contribution >= 0.6 is 0 Å². The molecule has 3 aromatic rings. The Bertz CT molecular complexity index is 997. The molecule has 2 aliphatic rings. The minimum absolute atomic E-state index is 0.133. The third-order valence-electron chi connectivity index (χ3n) is 5.99. The first-order valence-electron chi connectivity index (χ1n) is 9.83. The van der Waals surface area contributed by atoms with Crippen molar-refractivity contribution in [3.63, 3.8) is 0 Å². The molecule has 5 heteroatoms. The lowest BCUT2D eigenvalue weighted by Crippen LogP contribution is -2.44. The third kappa shape index (κ3) is 3.15. The van der Waals surface area contributed by atoms with Gasteiger partial charge in [-0.05, 0) is 25.0 Å². The minimum atomic E-state index is -0.224. The van der Waals surface area contributed by atoms with Gasteiger partial charge in [0.1, 0.15) is 23.8 Å². The molecule has 0 amide bonds. The van der Waals surface area contributed by atoms with Crippen molar-refractivity contribution in [2.75, 3.05) is 13.1 Å². The van der Waals surface area contributed by atoms with Crippen molar-refractivity contribution in [1.29, 1.82) is 0 Å². The fraction of sp³-hybridized carbons (Fsp3) is 0.348. The molecule has 2 aliphatic heterocycles. The zero-order valence-corrected chi connectivity index (χ0v) is 16.1. The quantitative estimate of drug-likeness (QED) is 0.686. The maximum absolute atomic E-state index is 14.0. The first kappa shape index (κ1) is 17.6. The summed E-state index contributed by atoms with van der Waals surface area (Å²) in [6.07, 6.45) is 2.90. The van der Waals surface area contributed by atoms with E-state index in [0.29, 0.717) is 13.2 Å². The Balaban J connectivity index is 1.36. The lowest BCUT2D eigenvalue weighted by molar-refractivity contribution is -0.0821. The first-order valence-corrected chi connectivity index (χ1v) is 9.83. The lowest BCUT2D eigenvalue weighted by Gasteiger charge is -2.35. The topological polar surface area (TPSA) is 30.3 Å². The van der Waals surface area contributed by atoms with Gasteiger partial charge in [0.25, 0.3) is 0 Å². The molecule has 1 fully saturated rings. The second-order valence-electron chi connectivity index (χ2n) is 8.04. The van der Waals surface area contributed by atoms with E-state index < -0.39 is 0 Å². The third-order valence-corrected chi connectivity index (χ3v) is 5.99. The molecule has 3 heterocycles. The number of benzene rings is 2. The summed E-state index contributed by atoms with van der Waals surface area (Å²) in [5, 5.41) is 0. The molecule has 1 spiro atoms. The number of rotatable bonds is 3. The van der Waals surface area contributed by atoms with Crippen molar-refractivity contribution in [3.8, 4) is 11.3 Å². The summed E-state index contributed by atoms with van der Waals surface area (Å²) in [5.41, 5.74) is 4.10. The van der Waals surface area contributed by atoms with E-state index in [9.17, 15) is 4.39 Å². The molecule has 5 rings (SSSR count). The Hall–Kier alpha value is -2.50. The maximum atomic E-state index is 14.0. The second-order valence-corrected chi connectivity index (χ2v) is 8.04. The second kappa shape index (κ2) is 6.83. The number of hydrogen-bond donors (Lipinski definition) is 0. The first-order chi connectivity index (χ1) is 13.6. The van der Waals surface area contributed by atoms with Crippen LogP contribution < -0.4 is 0 Å². The smallest absolute Gasteiger partial charge is 0.135 e. The Kier molecular flexibility index (Phi) is 4.29. The zero-order valence-electron chi connectivity index (χ0n) is 16.1. The fourth-order valence-corrected chi connectivity index (χ4v) is 4.39. The monoisotopic (exact) mass is 377 g/mol. The van der Waals surface area contributed by atoms with Crippen LogP contribution in [0.4, 0.5) is 4.39 Å². The van der Waals surface area contributed by atoms with E-state index in [1.54, 1.807) is 6.07 Å². The maximum Gasteiger partial charge on any atom is 0.135 e. The summed E-state index contributed by atoms with van der Waals surface area (Å²) >= 11 is 0. The van der Waals surface area contributed by atoms with Gasteiger partial charge in [0.2, 0.25) is 0 Å². The molecule has 0 N–H and O–H groups in total. The van der Waals surface area contributed by atoms with Crippen LogP contribution in [0.3, 0.4) is 0 Å². The summed E-state index contributed by atoms with van der Waals surface area (Å²) in [6.45, 7) is 5.77. The van der Waals surface area contributed by atoms with Gasteiger partial charge in [0.05, 0.1) is 18.4 Å². The number of ether oxygens (including phenoxy) is 1. The van der Waals surface area contributed by atoms with Gasteiger partial charge in [-0.15, -0.1) is 0 Å². The average molecular weight is 377 g/mol. The fourth-order valence-electron chi connectivity index (χ4n) is 4.39. The van der Waals surface area contributed by atoms with Gasteiger partial charge in [-0.2, -0.15) is 0 Å². The van der Waals surface area contributed by atoms with Crippen LogP contribution in [0.2, 0.25) is 0 Å². The Morgan fingerprint density at radius 2 is 1.93 bits per heavy atom. The SMILES string of the molecule is Cc1ccc(-c2cnc3n2C[C@]2(CCN(Cc4ccccc4F)C2)OC3)cc1. The molecule has 144 valence electrons. The zero-order chi connectivity index (χ0) is 19.1. The van der Waals surface area contributed by atoms with E-state index in [2.05, 4.69) is 45.6 Å². The molecule has 1 atom stereocenters. The van der Waals surface area contributed by atoms with E-state index in [-0.39, 0.29) is 11.4 Å². The number of hydrogen-bond acceptors (Lipinski definition) is 3. The molecule has 0 bridgehead atoms. The number of nitrogens with zero attached hydrogens (tertiary/aromatic N) is 3. The van der Waals surface area contributed by atoms with Crippen molar-refractivity contribution >= 4 is 0 Å². The molecule has 1 saturated heterocycles. The van der Waals surface area contributed by atoms with Gasteiger partial charge in [-0.25, -0.2) is 9.37 Å². The normalized spacial score (nSPS) is 21.9. The standard InChI is InChI=1S/C23H24FN3O/c1-17-6-8-18(9-7-17)21-12-25-22-14-28-23(16-27(21)22)10-11-26(15-23)13-19-4-2-3-5-20(19)24/h2-9,12H,10-11,13-16H2,1H3/t23-/m1/s1. The summed E-state index contributed by atoms with van der Waals surface area (Å²) in [7, 11) is 0. The molecular formula is C23H24FN3O. The Labute approximate surface area is 164 Å². The van der Waals surface area contributed by atoms with Gasteiger partial charge in [-0.3, -0.25) is 4.90 Å². The Morgan fingerprint density at radius 1 is 1.11 bits per heavy atom. The van der Waals surface area contributed by atoms with Crippen LogP contribution in [0, 0.1) is 12.7 Å². The average Bonchev–Trinajstić information content (AvgIpc) is 3.29. The summed E-state index contributed by atoms with van der Waals surface area (Å²) in [6, 6.07) is 15.6. The number of imidazole rings is 1. The highest BCUT2D eigenvalue weighted by Gasteiger charge is 2.43. The summed E-state index contributed by atoms with van der Waals surface area (Å²) < 4.78 is 22.6. The highest BCUT2D eigenvalue weighted by atomic mass is 19.1. The van der Waals surface area contributed by atoms with Crippen molar-refractivity contribution in [3.05, 3.63) is 77.5 Å². The molecule has 1 aromatic heterocycles. The molecule has 0 saturated carbocycles. The van der Waals surface area contributed by atoms with Crippen LogP contribution in [-0.2, 0) is 24.4 Å². The van der Waals surface area contributed by atoms with E-state index in [0.717, 1.165) is 43.1 Å². The van der Waals surface area contributed by atoms with Gasteiger partial charge in [0, 0.05) is 25.2 Å². The number of fused-ring (bicyclic) bond motifs is 1. The number of halogens is 1. The van der Waals surface area contributed by atoms with Crippen molar-refractivity contribution in [1.82, 2.24) is 14.5 Å². The van der Waals surface area contributed by atoms with Crippen molar-refractivity contribution in [2.24, 2.45) is 0 Å². The molecule has 2 aromatic carbocycles. The highest BCUT2D eigenvalue weighted by molar-refractivity contribution is 5.60. The van der Waals surface area contributed by atoms with Gasteiger partial charge >= 0.3 is 0 Å². The van der Waals surface area contributed by atoms with Crippen LogP contribution in [0.1, 0.15) is 23.4 Å². The van der Waals surface area contributed by atoms with Gasteiger partial charge in [-0.1, -0.05) is 48.0 Å². The van der Waals surface area contributed by atoms with E-state index in [1.165, 1.54) is 17.2 Å². The number of aryl methyl sites for hydroxylation is 1. The molecule has 0 radical (unpaired) electrons. The number of likely N-dealkylation sites (tertiary alicyclic amines) is 1. The van der Waals surface area contributed by atoms with Crippen molar-refractivity contribution in [2.45, 2.75) is 38.6 Å². The van der Waals surface area contributed by atoms with Gasteiger partial charge in [0.15, 0.2) is 0 Å². The van der Waals surface area contributed by atoms with Crippen LogP contribution in [0.15, 0.2) is 54.7 Å². The predicted molar refractivity (Wildman–Crippen MR) is 106 cm³/mol. The predicted octanol–water partition coefficient (Wildman–Crippen LogP) is 4.17. The van der Waals surface area contributed by atoms with Crippen LogP contribution in [0.25, 0.3) is 11.3 Å². The molecular weight excluding hydrogens is 353 g/mol. The Morgan fingerprint density at radius 3 is 2.75 bits per heavy atom. The van der Waals surface area contributed by atoms with Crippen molar-refractivity contribution < 1.29 is 9.13 Å². The van der Waals surface area contributed by atoms with E-state index >= 15 is 0 Å². The molecule has 0 unspecified atom stereocenters. The van der Waals surface area contributed by atoms with E-state index in [1.807, 2.05) is 18.3 Å². The minimum Gasteiger partial charge on any atom is -0.364 e. The number of aromatic nitrogens is 2. The lowest BCUT2D eigenvalue weighted by atomic mass is 10.0. The molecule has 0 aliphatic carbocycles.